The Labute approximate surface area is 64.0 Å². The van der Waals surface area contributed by atoms with E-state index in [0.717, 1.165) is 6.67 Å². The van der Waals surface area contributed by atoms with Crippen molar-refractivity contribution in [2.45, 2.75) is 18.5 Å². The summed E-state index contributed by atoms with van der Waals surface area (Å²) in [6, 6.07) is 0.484. The Morgan fingerprint density at radius 3 is 3.30 bits per heavy atom. The fraction of sp³-hybridized carbons (Fsp3) is 0.500. The van der Waals surface area contributed by atoms with Crippen molar-refractivity contribution in [1.29, 1.82) is 0 Å². The molecular formula is C8H16N2. The zero-order chi connectivity index (χ0) is 7.03. The van der Waals surface area contributed by atoms with Crippen molar-refractivity contribution in [3.63, 3.8) is 0 Å². The molecule has 1 saturated heterocycles. The van der Waals surface area contributed by atoms with Crippen molar-refractivity contribution in [2.24, 2.45) is 0 Å². The molecule has 2 aliphatic rings. The van der Waals surface area contributed by atoms with E-state index in [0.29, 0.717) is 6.04 Å². The summed E-state index contributed by atoms with van der Waals surface area (Å²) in [5, 5.41) is 6.74. The third-order valence-electron chi connectivity index (χ3n) is 2.29. The Hall–Kier alpha value is -0.600. The van der Waals surface area contributed by atoms with Gasteiger partial charge in [0.1, 0.15) is 0 Å². The van der Waals surface area contributed by atoms with Gasteiger partial charge in [0.05, 0.1) is 5.54 Å². The Kier molecular flexibility index (Phi) is 1.19. The second kappa shape index (κ2) is 1.94. The normalized spacial score (nSPS) is 43.9. The van der Waals surface area contributed by atoms with Crippen LogP contribution in [0.15, 0.2) is 24.3 Å². The van der Waals surface area contributed by atoms with Gasteiger partial charge in [-0.2, -0.15) is 0 Å². The minimum absolute atomic E-state index is 0. The van der Waals surface area contributed by atoms with Gasteiger partial charge in [-0.25, -0.2) is 0 Å². The van der Waals surface area contributed by atoms with Crippen LogP contribution in [0, 0.1) is 0 Å². The molecule has 0 spiro atoms. The first-order valence-corrected chi connectivity index (χ1v) is 3.66. The molecule has 1 aliphatic heterocycles. The van der Waals surface area contributed by atoms with Crippen molar-refractivity contribution >= 4 is 0 Å². The molecule has 2 N–H and O–H groups in total. The predicted octanol–water partition coefficient (Wildman–Crippen LogP) is 0.882. The van der Waals surface area contributed by atoms with Crippen molar-refractivity contribution in [2.75, 3.05) is 6.67 Å². The molecule has 1 heterocycles. The Bertz CT molecular complexity index is 203. The molecule has 0 bridgehead atoms. The third kappa shape index (κ3) is 0.728. The van der Waals surface area contributed by atoms with Gasteiger partial charge < -0.3 is 0 Å². The molecule has 10 heavy (non-hydrogen) atoms. The van der Waals surface area contributed by atoms with Crippen molar-refractivity contribution in [3.05, 3.63) is 24.3 Å². The molecule has 2 nitrogen and oxygen atoms in total. The highest BCUT2D eigenvalue weighted by Crippen LogP contribution is 2.20. The van der Waals surface area contributed by atoms with Crippen molar-refractivity contribution < 1.29 is 2.85 Å². The van der Waals surface area contributed by atoms with E-state index in [1.807, 2.05) is 0 Å². The zero-order valence-corrected chi connectivity index (χ0v) is 6.09. The molecule has 0 saturated carbocycles. The van der Waals surface area contributed by atoms with Crippen molar-refractivity contribution in [3.8, 4) is 0 Å². The lowest BCUT2D eigenvalue weighted by molar-refractivity contribution is 0.488. The van der Waals surface area contributed by atoms with E-state index in [2.05, 4.69) is 41.9 Å². The molecule has 2 heteroatoms. The summed E-state index contributed by atoms with van der Waals surface area (Å²) in [6.07, 6.45) is 8.58. The van der Waals surface area contributed by atoms with E-state index >= 15 is 0 Å². The summed E-state index contributed by atoms with van der Waals surface area (Å²) in [5.74, 6) is 0. The Balaban J connectivity index is 0.000000605. The van der Waals surface area contributed by atoms with Gasteiger partial charge in [0.2, 0.25) is 0 Å². The van der Waals surface area contributed by atoms with E-state index in [9.17, 15) is 0 Å². The van der Waals surface area contributed by atoms with Crippen LogP contribution < -0.4 is 10.6 Å². The topological polar surface area (TPSA) is 24.1 Å². The van der Waals surface area contributed by atoms with E-state index in [4.69, 9.17) is 0 Å². The standard InChI is InChI=1S/C8H12N2.2H2/c1-8-5-3-2-4-7(8)9-6-10-8;;/h2-5,7,9-10H,6H2,1H3;2*1H. The fourth-order valence-corrected chi connectivity index (χ4v) is 1.53. The summed E-state index contributed by atoms with van der Waals surface area (Å²) in [5.41, 5.74) is 0.161. The lowest BCUT2D eigenvalue weighted by Crippen LogP contribution is -2.44. The first kappa shape index (κ1) is 6.13. The zero-order valence-electron chi connectivity index (χ0n) is 6.09. The summed E-state index contributed by atoms with van der Waals surface area (Å²) in [7, 11) is 0. The van der Waals surface area contributed by atoms with Crippen LogP contribution in [0.25, 0.3) is 0 Å². The van der Waals surface area contributed by atoms with Crippen LogP contribution >= 0.6 is 0 Å². The minimum atomic E-state index is 0. The maximum absolute atomic E-state index is 3.39. The highest BCUT2D eigenvalue weighted by Gasteiger charge is 2.34. The fourth-order valence-electron chi connectivity index (χ4n) is 1.53. The van der Waals surface area contributed by atoms with Crippen LogP contribution in [0.1, 0.15) is 9.78 Å². The Morgan fingerprint density at radius 1 is 1.60 bits per heavy atom. The molecule has 0 amide bonds. The monoisotopic (exact) mass is 140 g/mol. The Morgan fingerprint density at radius 2 is 2.50 bits per heavy atom. The van der Waals surface area contributed by atoms with Crippen LogP contribution in [0.5, 0.6) is 0 Å². The molecule has 1 aliphatic carbocycles. The van der Waals surface area contributed by atoms with Gasteiger partial charge in [-0.1, -0.05) is 24.3 Å². The second-order valence-corrected chi connectivity index (χ2v) is 3.06. The lowest BCUT2D eigenvalue weighted by Gasteiger charge is -2.27. The number of hydrogen-bond acceptors (Lipinski definition) is 2. The SMILES string of the molecule is CC12C=CC=CC1NCN2.[HH].[HH]. The van der Waals surface area contributed by atoms with E-state index in [1.165, 1.54) is 0 Å². The van der Waals surface area contributed by atoms with Gasteiger partial charge in [0.25, 0.3) is 0 Å². The van der Waals surface area contributed by atoms with Gasteiger partial charge in [0.15, 0.2) is 0 Å². The second-order valence-electron chi connectivity index (χ2n) is 3.06. The number of hydrogen-bond donors (Lipinski definition) is 2. The summed E-state index contributed by atoms with van der Waals surface area (Å²) < 4.78 is 0. The van der Waals surface area contributed by atoms with E-state index < -0.39 is 0 Å². The molecule has 58 valence electrons. The van der Waals surface area contributed by atoms with Gasteiger partial charge in [-0.3, -0.25) is 10.6 Å². The van der Waals surface area contributed by atoms with Crippen LogP contribution in [0.4, 0.5) is 0 Å². The average Bonchev–Trinajstić information content (AvgIpc) is 2.29. The highest BCUT2D eigenvalue weighted by molar-refractivity contribution is 5.28. The van der Waals surface area contributed by atoms with Crippen LogP contribution in [0.2, 0.25) is 0 Å². The number of fused-ring (bicyclic) bond motifs is 1. The minimum Gasteiger partial charge on any atom is -0.296 e. The van der Waals surface area contributed by atoms with Gasteiger partial charge >= 0.3 is 0 Å². The van der Waals surface area contributed by atoms with Gasteiger partial charge in [-0.05, 0) is 6.92 Å². The molecular weight excluding hydrogens is 124 g/mol. The molecule has 2 unspecified atom stereocenters. The first-order chi connectivity index (χ1) is 4.81. The molecule has 0 aromatic heterocycles. The molecule has 0 aromatic rings. The largest absolute Gasteiger partial charge is 0.296 e. The maximum Gasteiger partial charge on any atom is 0.0540 e. The number of rotatable bonds is 0. The maximum atomic E-state index is 3.39. The highest BCUT2D eigenvalue weighted by atomic mass is 15.2. The molecule has 0 aromatic carbocycles. The van der Waals surface area contributed by atoms with E-state index in [1.54, 1.807) is 0 Å². The third-order valence-corrected chi connectivity index (χ3v) is 2.29. The van der Waals surface area contributed by atoms with Gasteiger partial charge in [-0.15, -0.1) is 0 Å². The quantitative estimate of drug-likeness (QED) is 0.522. The summed E-state index contributed by atoms with van der Waals surface area (Å²) in [4.78, 5) is 0. The molecule has 2 rings (SSSR count). The lowest BCUT2D eigenvalue weighted by atomic mass is 9.90. The van der Waals surface area contributed by atoms with Crippen LogP contribution in [-0.2, 0) is 0 Å². The molecule has 1 fully saturated rings. The first-order valence-electron chi connectivity index (χ1n) is 3.66. The summed E-state index contributed by atoms with van der Waals surface area (Å²) >= 11 is 0. The molecule has 0 radical (unpaired) electrons. The van der Waals surface area contributed by atoms with Crippen LogP contribution in [-0.4, -0.2) is 18.2 Å². The van der Waals surface area contributed by atoms with Crippen LogP contribution in [0.3, 0.4) is 0 Å². The predicted molar refractivity (Wildman–Crippen MR) is 45.8 cm³/mol. The number of allylic oxidation sites excluding steroid dienone is 2. The average molecular weight is 140 g/mol. The van der Waals surface area contributed by atoms with Gasteiger partial charge in [0, 0.05) is 15.6 Å². The van der Waals surface area contributed by atoms with Crippen molar-refractivity contribution in [1.82, 2.24) is 10.6 Å². The van der Waals surface area contributed by atoms with E-state index in [-0.39, 0.29) is 8.39 Å². The smallest absolute Gasteiger partial charge is 0.0540 e. The molecule has 2 atom stereocenters. The number of nitrogens with one attached hydrogen (secondary N) is 2. The summed E-state index contributed by atoms with van der Waals surface area (Å²) in [6.45, 7) is 3.12.